The highest BCUT2D eigenvalue weighted by atomic mass is 35.5. The van der Waals surface area contributed by atoms with Gasteiger partial charge in [0.05, 0.1) is 21.9 Å². The van der Waals surface area contributed by atoms with Crippen LogP contribution in [0.25, 0.3) is 5.65 Å². The minimum Gasteiger partial charge on any atom is -0.493 e. The Bertz CT molecular complexity index is 814. The Balaban J connectivity index is 2.10. The molecule has 6 heteroatoms. The number of aromatic hydroxyl groups is 1. The van der Waals surface area contributed by atoms with E-state index in [1.54, 1.807) is 24.4 Å². The molecule has 0 saturated carbocycles. The van der Waals surface area contributed by atoms with Crippen LogP contribution in [0.5, 0.6) is 5.88 Å². The van der Waals surface area contributed by atoms with Crippen molar-refractivity contribution in [3.63, 3.8) is 0 Å². The lowest BCUT2D eigenvalue weighted by Gasteiger charge is -2.11. The summed E-state index contributed by atoms with van der Waals surface area (Å²) < 4.78 is 1.44. The second-order valence-electron chi connectivity index (χ2n) is 4.74. The summed E-state index contributed by atoms with van der Waals surface area (Å²) in [5, 5.41) is 15.5. The van der Waals surface area contributed by atoms with Gasteiger partial charge >= 0.3 is 0 Å². The molecule has 108 valence electrons. The molecule has 4 nitrogen and oxygen atoms in total. The summed E-state index contributed by atoms with van der Waals surface area (Å²) in [6, 6.07) is 7.21. The van der Waals surface area contributed by atoms with Gasteiger partial charge in [0.2, 0.25) is 5.88 Å². The maximum absolute atomic E-state index is 10.4. The maximum Gasteiger partial charge on any atom is 0.219 e. The van der Waals surface area contributed by atoms with Gasteiger partial charge in [-0.3, -0.25) is 0 Å². The predicted molar refractivity (Wildman–Crippen MR) is 83.3 cm³/mol. The third-order valence-corrected chi connectivity index (χ3v) is 4.13. The molecule has 0 unspecified atom stereocenters. The Kier molecular flexibility index (Phi) is 3.74. The van der Waals surface area contributed by atoms with Crippen molar-refractivity contribution in [2.75, 3.05) is 0 Å². The lowest BCUT2D eigenvalue weighted by molar-refractivity contribution is 0.427. The van der Waals surface area contributed by atoms with Gasteiger partial charge in [0.1, 0.15) is 0 Å². The first-order chi connectivity index (χ1) is 10.1. The number of aryl methyl sites for hydroxylation is 1. The zero-order valence-corrected chi connectivity index (χ0v) is 12.9. The van der Waals surface area contributed by atoms with E-state index in [0.29, 0.717) is 22.1 Å². The second kappa shape index (κ2) is 5.54. The molecule has 0 amide bonds. The smallest absolute Gasteiger partial charge is 0.219 e. The van der Waals surface area contributed by atoms with Crippen molar-refractivity contribution in [3.8, 4) is 5.88 Å². The number of benzene rings is 1. The number of halogens is 2. The molecule has 0 aliphatic heterocycles. The molecule has 3 aromatic rings. The van der Waals surface area contributed by atoms with Crippen molar-refractivity contribution in [2.24, 2.45) is 0 Å². The summed E-state index contributed by atoms with van der Waals surface area (Å²) >= 11 is 12.0. The molecule has 0 spiro atoms. The van der Waals surface area contributed by atoms with Gasteiger partial charge in [0.15, 0.2) is 5.65 Å². The van der Waals surface area contributed by atoms with Crippen molar-refractivity contribution in [3.05, 3.63) is 57.3 Å². The van der Waals surface area contributed by atoms with E-state index < -0.39 is 0 Å². The van der Waals surface area contributed by atoms with E-state index in [2.05, 4.69) is 10.1 Å². The molecule has 0 aliphatic carbocycles. The Morgan fingerprint density at radius 2 is 2.00 bits per heavy atom. The number of nitrogens with zero attached hydrogens (tertiary/aromatic N) is 3. The van der Waals surface area contributed by atoms with Crippen molar-refractivity contribution in [1.82, 2.24) is 14.6 Å². The summed E-state index contributed by atoms with van der Waals surface area (Å²) in [5.41, 5.74) is 3.21. The molecule has 2 heterocycles. The first-order valence-electron chi connectivity index (χ1n) is 6.58. The van der Waals surface area contributed by atoms with Crippen LogP contribution in [0.4, 0.5) is 0 Å². The zero-order valence-electron chi connectivity index (χ0n) is 11.3. The fraction of sp³-hybridized carbons (Fsp3) is 0.200. The monoisotopic (exact) mass is 321 g/mol. The molecule has 0 saturated heterocycles. The molecule has 0 fully saturated rings. The SMILES string of the molecule is CCc1nc2ccnn2c(O)c1Cc1ccc(Cl)c(Cl)c1. The number of aromatic nitrogens is 3. The molecule has 21 heavy (non-hydrogen) atoms. The van der Waals surface area contributed by atoms with Crippen molar-refractivity contribution in [2.45, 2.75) is 19.8 Å². The average molecular weight is 322 g/mol. The topological polar surface area (TPSA) is 50.4 Å². The number of hydrogen-bond donors (Lipinski definition) is 1. The van der Waals surface area contributed by atoms with Gasteiger partial charge in [-0.15, -0.1) is 0 Å². The van der Waals surface area contributed by atoms with Crippen molar-refractivity contribution >= 4 is 28.8 Å². The Morgan fingerprint density at radius 1 is 1.19 bits per heavy atom. The van der Waals surface area contributed by atoms with Gasteiger partial charge in [-0.2, -0.15) is 9.61 Å². The fourth-order valence-corrected chi connectivity index (χ4v) is 2.65. The summed E-state index contributed by atoms with van der Waals surface area (Å²) in [5.74, 6) is 0.118. The van der Waals surface area contributed by atoms with Crippen LogP contribution in [0.3, 0.4) is 0 Å². The largest absolute Gasteiger partial charge is 0.493 e. The third kappa shape index (κ3) is 2.57. The van der Waals surface area contributed by atoms with Gasteiger partial charge in [0.25, 0.3) is 0 Å². The van der Waals surface area contributed by atoms with Crippen LogP contribution in [0, 0.1) is 0 Å². The first kappa shape index (κ1) is 14.2. The quantitative estimate of drug-likeness (QED) is 0.796. The van der Waals surface area contributed by atoms with E-state index in [-0.39, 0.29) is 5.88 Å². The van der Waals surface area contributed by atoms with Gasteiger partial charge in [0, 0.05) is 18.1 Å². The summed E-state index contributed by atoms with van der Waals surface area (Å²) in [4.78, 5) is 4.53. The van der Waals surface area contributed by atoms with E-state index in [1.807, 2.05) is 13.0 Å². The zero-order chi connectivity index (χ0) is 15.0. The minimum absolute atomic E-state index is 0.118. The van der Waals surface area contributed by atoms with Gasteiger partial charge in [-0.25, -0.2) is 4.98 Å². The molecule has 0 atom stereocenters. The van der Waals surface area contributed by atoms with E-state index in [9.17, 15) is 5.11 Å². The molecule has 1 aromatic carbocycles. The number of fused-ring (bicyclic) bond motifs is 1. The molecule has 0 radical (unpaired) electrons. The summed E-state index contributed by atoms with van der Waals surface area (Å²) in [6.07, 6.45) is 2.87. The van der Waals surface area contributed by atoms with Crippen molar-refractivity contribution < 1.29 is 5.11 Å². The average Bonchev–Trinajstić information content (AvgIpc) is 2.94. The molecular weight excluding hydrogens is 309 g/mol. The molecule has 1 N–H and O–H groups in total. The lowest BCUT2D eigenvalue weighted by Crippen LogP contribution is -2.04. The number of hydrogen-bond acceptors (Lipinski definition) is 3. The van der Waals surface area contributed by atoms with E-state index >= 15 is 0 Å². The predicted octanol–water partition coefficient (Wildman–Crippen LogP) is 3.89. The van der Waals surface area contributed by atoms with Gasteiger partial charge in [-0.05, 0) is 24.1 Å². The van der Waals surface area contributed by atoms with Gasteiger partial charge in [-0.1, -0.05) is 36.2 Å². The highest BCUT2D eigenvalue weighted by molar-refractivity contribution is 6.42. The molecule has 0 bridgehead atoms. The van der Waals surface area contributed by atoms with E-state index in [1.165, 1.54) is 4.52 Å². The van der Waals surface area contributed by atoms with E-state index in [4.69, 9.17) is 23.2 Å². The first-order valence-corrected chi connectivity index (χ1v) is 7.34. The fourth-order valence-electron chi connectivity index (χ4n) is 2.33. The van der Waals surface area contributed by atoms with Crippen LogP contribution in [0.2, 0.25) is 10.0 Å². The van der Waals surface area contributed by atoms with Crippen LogP contribution in [0.15, 0.2) is 30.5 Å². The van der Waals surface area contributed by atoms with Crippen molar-refractivity contribution in [1.29, 1.82) is 0 Å². The van der Waals surface area contributed by atoms with Crippen LogP contribution in [0.1, 0.15) is 23.7 Å². The highest BCUT2D eigenvalue weighted by Crippen LogP contribution is 2.28. The normalized spacial score (nSPS) is 11.2. The lowest BCUT2D eigenvalue weighted by atomic mass is 10.0. The molecular formula is C15H13Cl2N3O. The van der Waals surface area contributed by atoms with Crippen LogP contribution in [-0.4, -0.2) is 19.7 Å². The van der Waals surface area contributed by atoms with Crippen LogP contribution in [-0.2, 0) is 12.8 Å². The molecule has 3 rings (SSSR count). The minimum atomic E-state index is 0.118. The van der Waals surface area contributed by atoms with E-state index in [0.717, 1.165) is 23.2 Å². The van der Waals surface area contributed by atoms with Crippen LogP contribution >= 0.6 is 23.2 Å². The maximum atomic E-state index is 10.4. The number of rotatable bonds is 3. The summed E-state index contributed by atoms with van der Waals surface area (Å²) in [7, 11) is 0. The van der Waals surface area contributed by atoms with Gasteiger partial charge < -0.3 is 5.11 Å². The molecule has 0 aliphatic rings. The third-order valence-electron chi connectivity index (χ3n) is 3.39. The molecule has 2 aromatic heterocycles. The Morgan fingerprint density at radius 3 is 2.71 bits per heavy atom. The highest BCUT2D eigenvalue weighted by Gasteiger charge is 2.15. The van der Waals surface area contributed by atoms with Crippen LogP contribution < -0.4 is 0 Å². The Labute approximate surface area is 132 Å². The standard InChI is InChI=1S/C15H13Cl2N3O/c1-2-13-10(7-9-3-4-11(16)12(17)8-9)15(21)20-14(19-13)5-6-18-20/h3-6,8,21H,2,7H2,1H3. The summed E-state index contributed by atoms with van der Waals surface area (Å²) in [6.45, 7) is 2.01. The Hall–Kier alpha value is -1.78. The second-order valence-corrected chi connectivity index (χ2v) is 5.56.